The molecule has 3 rings (SSSR count). The fourth-order valence-electron chi connectivity index (χ4n) is 3.47. The Morgan fingerprint density at radius 1 is 1.39 bits per heavy atom. The number of likely N-dealkylation sites (tertiary alicyclic amines) is 1. The van der Waals surface area contributed by atoms with Gasteiger partial charge in [0.15, 0.2) is 0 Å². The summed E-state index contributed by atoms with van der Waals surface area (Å²) in [6, 6.07) is 0. The van der Waals surface area contributed by atoms with Gasteiger partial charge in [-0.1, -0.05) is 0 Å². The van der Waals surface area contributed by atoms with Gasteiger partial charge in [0.05, 0.1) is 24.7 Å². The zero-order chi connectivity index (χ0) is 16.4. The van der Waals surface area contributed by atoms with Crippen molar-refractivity contribution in [3.63, 3.8) is 0 Å². The van der Waals surface area contributed by atoms with Crippen LogP contribution in [0.2, 0.25) is 0 Å². The standard InChI is InChI=1S/C15H26N4O3S/c1-3-19-8-12(5-16-19)7-18-9-14-13(11-22-15(14)10-18)6-17-23(20,21)4-2/h5,8,13-15,17H,3-4,6-7,9-11H2,1-2H3/t13-,14+,15+/m1/s1. The summed E-state index contributed by atoms with van der Waals surface area (Å²) in [6.07, 6.45) is 4.24. The first-order valence-electron chi connectivity index (χ1n) is 8.33. The number of hydrogen-bond donors (Lipinski definition) is 1. The van der Waals surface area contributed by atoms with Crippen molar-refractivity contribution in [1.29, 1.82) is 0 Å². The molecule has 0 saturated carbocycles. The Morgan fingerprint density at radius 3 is 2.91 bits per heavy atom. The Hall–Kier alpha value is -0.960. The Bertz CT molecular complexity index is 630. The molecular formula is C15H26N4O3S. The monoisotopic (exact) mass is 342 g/mol. The van der Waals surface area contributed by atoms with Gasteiger partial charge in [-0.3, -0.25) is 9.58 Å². The fraction of sp³-hybridized carbons (Fsp3) is 0.800. The quantitative estimate of drug-likeness (QED) is 0.771. The third kappa shape index (κ3) is 3.93. The predicted molar refractivity (Wildman–Crippen MR) is 87.4 cm³/mol. The van der Waals surface area contributed by atoms with Crippen molar-refractivity contribution in [3.05, 3.63) is 18.0 Å². The molecule has 0 aliphatic carbocycles. The minimum absolute atomic E-state index is 0.127. The molecular weight excluding hydrogens is 316 g/mol. The number of nitrogens with one attached hydrogen (secondary N) is 1. The minimum atomic E-state index is -3.13. The average molecular weight is 342 g/mol. The van der Waals surface area contributed by atoms with Gasteiger partial charge in [0.25, 0.3) is 0 Å². The first kappa shape index (κ1) is 16.9. The normalized spacial score (nSPS) is 28.3. The zero-order valence-electron chi connectivity index (χ0n) is 13.8. The van der Waals surface area contributed by atoms with Crippen LogP contribution in [0.25, 0.3) is 0 Å². The van der Waals surface area contributed by atoms with E-state index < -0.39 is 10.0 Å². The summed E-state index contributed by atoms with van der Waals surface area (Å²) in [5.41, 5.74) is 1.22. The van der Waals surface area contributed by atoms with Crippen molar-refractivity contribution in [2.24, 2.45) is 11.8 Å². The molecule has 1 N–H and O–H groups in total. The number of sulfonamides is 1. The van der Waals surface area contributed by atoms with E-state index in [1.165, 1.54) is 5.56 Å². The maximum Gasteiger partial charge on any atom is 0.211 e. The second-order valence-electron chi connectivity index (χ2n) is 6.45. The fourth-order valence-corrected chi connectivity index (χ4v) is 4.15. The lowest BCUT2D eigenvalue weighted by Gasteiger charge is -2.19. The topological polar surface area (TPSA) is 76.5 Å². The van der Waals surface area contributed by atoms with Gasteiger partial charge in [-0.25, -0.2) is 13.1 Å². The van der Waals surface area contributed by atoms with Crippen LogP contribution >= 0.6 is 0 Å². The number of nitrogens with zero attached hydrogens (tertiary/aromatic N) is 3. The summed E-state index contributed by atoms with van der Waals surface area (Å²) in [5.74, 6) is 0.808. The van der Waals surface area contributed by atoms with Crippen LogP contribution < -0.4 is 4.72 Å². The van der Waals surface area contributed by atoms with E-state index in [4.69, 9.17) is 4.74 Å². The molecule has 2 fully saturated rings. The van der Waals surface area contributed by atoms with Crippen LogP contribution in [-0.2, 0) is 27.8 Å². The second kappa shape index (κ2) is 6.88. The molecule has 0 spiro atoms. The van der Waals surface area contributed by atoms with Crippen LogP contribution in [0.4, 0.5) is 0 Å². The Morgan fingerprint density at radius 2 is 2.22 bits per heavy atom. The van der Waals surface area contributed by atoms with Crippen LogP contribution in [0, 0.1) is 11.8 Å². The van der Waals surface area contributed by atoms with Gasteiger partial charge in [-0.05, 0) is 13.8 Å². The summed E-state index contributed by atoms with van der Waals surface area (Å²) in [7, 11) is -3.13. The van der Waals surface area contributed by atoms with E-state index in [0.717, 1.165) is 26.2 Å². The zero-order valence-corrected chi connectivity index (χ0v) is 14.6. The number of aryl methyl sites for hydroxylation is 1. The van der Waals surface area contributed by atoms with Gasteiger partial charge in [-0.2, -0.15) is 5.10 Å². The first-order chi connectivity index (χ1) is 11.0. The molecule has 2 saturated heterocycles. The molecule has 1 aromatic heterocycles. The highest BCUT2D eigenvalue weighted by Crippen LogP contribution is 2.34. The Balaban J connectivity index is 1.53. The third-order valence-electron chi connectivity index (χ3n) is 4.88. The number of ether oxygens (including phenoxy) is 1. The third-order valence-corrected chi connectivity index (χ3v) is 6.24. The van der Waals surface area contributed by atoms with E-state index in [1.54, 1.807) is 6.92 Å². The average Bonchev–Trinajstić information content (AvgIpc) is 3.21. The number of aromatic nitrogens is 2. The molecule has 130 valence electrons. The van der Waals surface area contributed by atoms with E-state index in [-0.39, 0.29) is 17.8 Å². The first-order valence-corrected chi connectivity index (χ1v) is 9.98. The van der Waals surface area contributed by atoms with Crippen LogP contribution in [-0.4, -0.2) is 61.2 Å². The molecule has 0 bridgehead atoms. The number of hydrogen-bond acceptors (Lipinski definition) is 5. The summed E-state index contributed by atoms with van der Waals surface area (Å²) in [4.78, 5) is 2.38. The van der Waals surface area contributed by atoms with E-state index in [1.807, 2.05) is 10.9 Å². The Labute approximate surface area is 138 Å². The van der Waals surface area contributed by atoms with Crippen LogP contribution in [0.3, 0.4) is 0 Å². The van der Waals surface area contributed by atoms with E-state index in [2.05, 4.69) is 27.8 Å². The SMILES string of the molecule is CCn1cc(CN2C[C@H]3[C@H](CNS(=O)(=O)CC)CO[C@H]3C2)cn1. The van der Waals surface area contributed by atoms with Crippen molar-refractivity contribution in [2.45, 2.75) is 33.0 Å². The number of fused-ring (bicyclic) bond motifs is 1. The van der Waals surface area contributed by atoms with Crippen molar-refractivity contribution < 1.29 is 13.2 Å². The van der Waals surface area contributed by atoms with Crippen molar-refractivity contribution >= 4 is 10.0 Å². The molecule has 3 atom stereocenters. The van der Waals surface area contributed by atoms with E-state index >= 15 is 0 Å². The van der Waals surface area contributed by atoms with Crippen molar-refractivity contribution in [1.82, 2.24) is 19.4 Å². The highest BCUT2D eigenvalue weighted by atomic mass is 32.2. The van der Waals surface area contributed by atoms with Crippen molar-refractivity contribution in [2.75, 3.05) is 32.0 Å². The summed E-state index contributed by atoms with van der Waals surface area (Å²) in [5, 5.41) is 4.31. The van der Waals surface area contributed by atoms with E-state index in [9.17, 15) is 8.42 Å². The lowest BCUT2D eigenvalue weighted by Crippen LogP contribution is -2.34. The molecule has 1 aromatic rings. The predicted octanol–water partition coefficient (Wildman–Crippen LogP) is 0.289. The highest BCUT2D eigenvalue weighted by Gasteiger charge is 2.43. The van der Waals surface area contributed by atoms with Gasteiger partial charge < -0.3 is 4.74 Å². The van der Waals surface area contributed by atoms with Gasteiger partial charge in [0.2, 0.25) is 10.0 Å². The molecule has 0 aromatic carbocycles. The van der Waals surface area contributed by atoms with Gasteiger partial charge >= 0.3 is 0 Å². The maximum atomic E-state index is 11.6. The lowest BCUT2D eigenvalue weighted by atomic mass is 9.93. The molecule has 0 radical (unpaired) electrons. The molecule has 7 nitrogen and oxygen atoms in total. The molecule has 23 heavy (non-hydrogen) atoms. The summed E-state index contributed by atoms with van der Waals surface area (Å²) >= 11 is 0. The summed E-state index contributed by atoms with van der Waals surface area (Å²) in [6.45, 7) is 8.51. The largest absolute Gasteiger partial charge is 0.376 e. The molecule has 0 amide bonds. The van der Waals surface area contributed by atoms with Crippen LogP contribution in [0.15, 0.2) is 12.4 Å². The maximum absolute atomic E-state index is 11.6. The molecule has 2 aliphatic rings. The van der Waals surface area contributed by atoms with Gasteiger partial charge in [0.1, 0.15) is 0 Å². The Kier molecular flexibility index (Phi) is 5.05. The lowest BCUT2D eigenvalue weighted by molar-refractivity contribution is 0.0942. The smallest absolute Gasteiger partial charge is 0.211 e. The van der Waals surface area contributed by atoms with Gasteiger partial charge in [0, 0.05) is 56.3 Å². The molecule has 3 heterocycles. The molecule has 2 aliphatic heterocycles. The minimum Gasteiger partial charge on any atom is -0.376 e. The highest BCUT2D eigenvalue weighted by molar-refractivity contribution is 7.89. The van der Waals surface area contributed by atoms with Gasteiger partial charge in [-0.15, -0.1) is 0 Å². The van der Waals surface area contributed by atoms with Crippen molar-refractivity contribution in [3.8, 4) is 0 Å². The van der Waals surface area contributed by atoms with Crippen LogP contribution in [0.1, 0.15) is 19.4 Å². The molecule has 0 unspecified atom stereocenters. The molecule has 8 heteroatoms. The number of rotatable bonds is 7. The summed E-state index contributed by atoms with van der Waals surface area (Å²) < 4.78 is 33.7. The second-order valence-corrected chi connectivity index (χ2v) is 8.54. The van der Waals surface area contributed by atoms with E-state index in [0.29, 0.717) is 19.1 Å². The van der Waals surface area contributed by atoms with Crippen LogP contribution in [0.5, 0.6) is 0 Å².